The number of nitrogens with one attached hydrogen (secondary N) is 2. The third-order valence-electron chi connectivity index (χ3n) is 5.39. The first-order valence-corrected chi connectivity index (χ1v) is 13.0. The fraction of sp³-hybridized carbons (Fsp3) is 0.148. The molecule has 2 heterocycles. The molecule has 2 N–H and O–H groups in total. The SMILES string of the molecule is CCOC(=O)C1=C(c2ccccc2)NC(SCC(=O)Nc2ccc(Cl)cc2Cl)=C(C#N)[C@@H]1c1ccco1. The van der Waals surface area contributed by atoms with E-state index in [0.717, 1.165) is 17.3 Å². The van der Waals surface area contributed by atoms with Gasteiger partial charge in [-0.1, -0.05) is 65.3 Å². The summed E-state index contributed by atoms with van der Waals surface area (Å²) in [5.74, 6) is -1.36. The molecule has 4 rings (SSSR count). The number of amides is 1. The molecule has 1 aromatic heterocycles. The molecule has 0 aliphatic carbocycles. The Kier molecular flexibility index (Phi) is 8.62. The van der Waals surface area contributed by atoms with Gasteiger partial charge in [0.1, 0.15) is 5.76 Å². The lowest BCUT2D eigenvalue weighted by atomic mass is 9.84. The summed E-state index contributed by atoms with van der Waals surface area (Å²) in [6.07, 6.45) is 1.48. The van der Waals surface area contributed by atoms with Crippen LogP contribution in [0.4, 0.5) is 5.69 Å². The molecule has 0 bridgehead atoms. The number of carbonyl (C=O) groups excluding carboxylic acids is 2. The van der Waals surface area contributed by atoms with Crippen LogP contribution in [0.25, 0.3) is 5.70 Å². The highest BCUT2D eigenvalue weighted by Crippen LogP contribution is 2.43. The van der Waals surface area contributed by atoms with Crippen LogP contribution in [0.3, 0.4) is 0 Å². The third kappa shape index (κ3) is 6.03. The summed E-state index contributed by atoms with van der Waals surface area (Å²) in [7, 11) is 0. The largest absolute Gasteiger partial charge is 0.468 e. The summed E-state index contributed by atoms with van der Waals surface area (Å²) in [6.45, 7) is 1.88. The lowest BCUT2D eigenvalue weighted by molar-refractivity contribution is -0.138. The molecule has 3 aromatic rings. The molecule has 1 amide bonds. The number of nitriles is 1. The summed E-state index contributed by atoms with van der Waals surface area (Å²) in [6, 6.07) is 19.6. The van der Waals surface area contributed by atoms with Crippen molar-refractivity contribution in [2.75, 3.05) is 17.7 Å². The van der Waals surface area contributed by atoms with Gasteiger partial charge in [0.15, 0.2) is 0 Å². The van der Waals surface area contributed by atoms with Crippen LogP contribution >= 0.6 is 35.0 Å². The zero-order chi connectivity index (χ0) is 26.4. The molecule has 1 aliphatic heterocycles. The lowest BCUT2D eigenvalue weighted by Crippen LogP contribution is -2.29. The van der Waals surface area contributed by atoms with E-state index >= 15 is 0 Å². The van der Waals surface area contributed by atoms with Gasteiger partial charge in [-0.25, -0.2) is 4.79 Å². The molecule has 0 radical (unpaired) electrons. The van der Waals surface area contributed by atoms with Crippen LogP contribution in [0.1, 0.15) is 24.2 Å². The molecular formula is C27H21Cl2N3O4S. The number of dihydropyridines is 1. The maximum atomic E-state index is 13.2. The Hall–Kier alpha value is -3.64. The van der Waals surface area contributed by atoms with Crippen LogP contribution in [0, 0.1) is 11.3 Å². The van der Waals surface area contributed by atoms with Gasteiger partial charge in [-0.05, 0) is 42.8 Å². The van der Waals surface area contributed by atoms with E-state index in [1.54, 1.807) is 31.2 Å². The third-order valence-corrected chi connectivity index (χ3v) is 6.95. The molecule has 0 saturated carbocycles. The van der Waals surface area contributed by atoms with Crippen molar-refractivity contribution in [2.45, 2.75) is 12.8 Å². The van der Waals surface area contributed by atoms with E-state index in [2.05, 4.69) is 16.7 Å². The van der Waals surface area contributed by atoms with Gasteiger partial charge in [-0.2, -0.15) is 5.26 Å². The Morgan fingerprint density at radius 2 is 1.95 bits per heavy atom. The maximum Gasteiger partial charge on any atom is 0.337 e. The Morgan fingerprint density at radius 3 is 2.59 bits per heavy atom. The minimum absolute atomic E-state index is 0.0336. The predicted octanol–water partition coefficient (Wildman–Crippen LogP) is 6.35. The number of halogens is 2. The summed E-state index contributed by atoms with van der Waals surface area (Å²) in [5, 5.41) is 17.3. The van der Waals surface area contributed by atoms with Crippen molar-refractivity contribution in [3.63, 3.8) is 0 Å². The van der Waals surface area contributed by atoms with Crippen molar-refractivity contribution < 1.29 is 18.7 Å². The van der Waals surface area contributed by atoms with E-state index in [1.165, 1.54) is 12.3 Å². The summed E-state index contributed by atoms with van der Waals surface area (Å²) >= 11 is 13.2. The highest BCUT2D eigenvalue weighted by Gasteiger charge is 2.38. The molecular weight excluding hydrogens is 533 g/mol. The van der Waals surface area contributed by atoms with E-state index < -0.39 is 11.9 Å². The average molecular weight is 554 g/mol. The first-order chi connectivity index (χ1) is 17.9. The minimum atomic E-state index is -0.827. The molecule has 1 atom stereocenters. The molecule has 37 heavy (non-hydrogen) atoms. The second-order valence-electron chi connectivity index (χ2n) is 7.76. The van der Waals surface area contributed by atoms with Crippen LogP contribution in [0.5, 0.6) is 0 Å². The van der Waals surface area contributed by atoms with E-state index in [9.17, 15) is 14.9 Å². The van der Waals surface area contributed by atoms with Crippen molar-refractivity contribution in [3.05, 3.63) is 104 Å². The van der Waals surface area contributed by atoms with Gasteiger partial charge in [0, 0.05) is 5.02 Å². The second-order valence-corrected chi connectivity index (χ2v) is 9.59. The van der Waals surface area contributed by atoms with Crippen LogP contribution in [-0.4, -0.2) is 24.2 Å². The van der Waals surface area contributed by atoms with Crippen LogP contribution in [-0.2, 0) is 14.3 Å². The van der Waals surface area contributed by atoms with Crippen molar-refractivity contribution in [3.8, 4) is 6.07 Å². The number of furan rings is 1. The van der Waals surface area contributed by atoms with Crippen molar-refractivity contribution in [1.82, 2.24) is 5.32 Å². The quantitative estimate of drug-likeness (QED) is 0.313. The van der Waals surface area contributed by atoms with Crippen LogP contribution in [0.15, 0.2) is 87.5 Å². The van der Waals surface area contributed by atoms with E-state index in [-0.39, 0.29) is 29.4 Å². The predicted molar refractivity (Wildman–Crippen MR) is 145 cm³/mol. The molecule has 7 nitrogen and oxygen atoms in total. The first kappa shape index (κ1) is 26.4. The minimum Gasteiger partial charge on any atom is -0.468 e. The van der Waals surface area contributed by atoms with Crippen LogP contribution < -0.4 is 10.6 Å². The van der Waals surface area contributed by atoms with Crippen LogP contribution in [0.2, 0.25) is 10.0 Å². The Morgan fingerprint density at radius 1 is 1.16 bits per heavy atom. The van der Waals surface area contributed by atoms with E-state index in [4.69, 9.17) is 32.4 Å². The maximum absolute atomic E-state index is 13.2. The highest BCUT2D eigenvalue weighted by atomic mass is 35.5. The number of hydrogen-bond donors (Lipinski definition) is 2. The number of benzene rings is 2. The highest BCUT2D eigenvalue weighted by molar-refractivity contribution is 8.03. The zero-order valence-corrected chi connectivity index (χ0v) is 21.9. The number of thioether (sulfide) groups is 1. The van der Waals surface area contributed by atoms with Gasteiger partial charge in [-0.3, -0.25) is 4.79 Å². The molecule has 0 saturated heterocycles. The number of anilines is 1. The zero-order valence-electron chi connectivity index (χ0n) is 19.6. The Balaban J connectivity index is 1.70. The molecule has 1 aliphatic rings. The first-order valence-electron chi connectivity index (χ1n) is 11.2. The van der Waals surface area contributed by atoms with Gasteiger partial charge in [-0.15, -0.1) is 0 Å². The summed E-state index contributed by atoms with van der Waals surface area (Å²) < 4.78 is 11.0. The molecule has 0 unspecified atom stereocenters. The topological polar surface area (TPSA) is 104 Å². The van der Waals surface area contributed by atoms with E-state index in [1.807, 2.05) is 30.3 Å². The van der Waals surface area contributed by atoms with Gasteiger partial charge < -0.3 is 19.8 Å². The van der Waals surface area contributed by atoms with Gasteiger partial charge >= 0.3 is 5.97 Å². The number of rotatable bonds is 8. The fourth-order valence-electron chi connectivity index (χ4n) is 3.81. The summed E-state index contributed by atoms with van der Waals surface area (Å²) in [4.78, 5) is 25.9. The smallest absolute Gasteiger partial charge is 0.337 e. The molecule has 188 valence electrons. The normalized spacial score (nSPS) is 15.1. The summed E-state index contributed by atoms with van der Waals surface area (Å²) in [5.41, 5.74) is 2.10. The molecule has 0 fully saturated rings. The van der Waals surface area contributed by atoms with Crippen molar-refractivity contribution >= 4 is 58.2 Å². The van der Waals surface area contributed by atoms with Crippen molar-refractivity contribution in [2.24, 2.45) is 0 Å². The Bertz CT molecular complexity index is 1410. The number of carbonyl (C=O) groups is 2. The standard InChI is InChI=1S/C27H21Cl2N3O4S/c1-2-35-27(34)24-23(21-9-6-12-36-21)18(14-30)26(32-25(24)16-7-4-3-5-8-16)37-15-22(33)31-20-11-10-17(28)13-19(20)29/h3-13,23,32H,2,15H2,1H3,(H,31,33)/t23-/m1/s1. The number of hydrogen-bond acceptors (Lipinski definition) is 7. The number of esters is 1. The molecule has 10 heteroatoms. The number of allylic oxidation sites excluding steroid dienone is 1. The van der Waals surface area contributed by atoms with Crippen molar-refractivity contribution in [1.29, 1.82) is 5.26 Å². The monoisotopic (exact) mass is 553 g/mol. The number of ether oxygens (including phenoxy) is 1. The lowest BCUT2D eigenvalue weighted by Gasteiger charge is -2.29. The van der Waals surface area contributed by atoms with Gasteiger partial charge in [0.2, 0.25) is 5.91 Å². The molecule has 2 aromatic carbocycles. The van der Waals surface area contributed by atoms with Gasteiger partial charge in [0.25, 0.3) is 0 Å². The fourth-order valence-corrected chi connectivity index (χ4v) is 5.11. The Labute approximate surface area is 228 Å². The average Bonchev–Trinajstić information content (AvgIpc) is 3.43. The molecule has 0 spiro atoms. The van der Waals surface area contributed by atoms with Gasteiger partial charge in [0.05, 0.1) is 63.2 Å². The number of nitrogens with zero attached hydrogens (tertiary/aromatic N) is 1. The second kappa shape index (κ2) is 12.1. The van der Waals surface area contributed by atoms with E-state index in [0.29, 0.717) is 32.2 Å².